The van der Waals surface area contributed by atoms with Gasteiger partial charge >= 0.3 is 24.1 Å². The number of carbonyl (C=O) groups excluding carboxylic acids is 2. The number of aryl methyl sites for hydroxylation is 2. The van der Waals surface area contributed by atoms with Gasteiger partial charge in [0.2, 0.25) is 0 Å². The summed E-state index contributed by atoms with van der Waals surface area (Å²) in [6, 6.07) is 16.9. The second-order valence-corrected chi connectivity index (χ2v) is 12.1. The Hall–Kier alpha value is -5.59. The summed E-state index contributed by atoms with van der Waals surface area (Å²) in [6.07, 6.45) is -6.14. The van der Waals surface area contributed by atoms with Crippen molar-refractivity contribution >= 4 is 57.6 Å². The number of hydrogen-bond acceptors (Lipinski definition) is 9. The highest BCUT2D eigenvalue weighted by Crippen LogP contribution is 2.35. The minimum absolute atomic E-state index is 0.0318. The van der Waals surface area contributed by atoms with E-state index in [-0.39, 0.29) is 57.4 Å². The summed E-state index contributed by atoms with van der Waals surface area (Å²) >= 11 is 14.6. The first-order chi connectivity index (χ1) is 27.3. The highest BCUT2D eigenvalue weighted by Gasteiger charge is 2.39. The first kappa shape index (κ1) is 46.8. The van der Waals surface area contributed by atoms with E-state index in [0.717, 1.165) is 6.07 Å². The molecule has 0 radical (unpaired) electrons. The zero-order valence-electron chi connectivity index (χ0n) is 29.9. The zero-order chi connectivity index (χ0) is 43.2. The number of nitrogen functional groups attached to an aromatic ring is 1. The van der Waals surface area contributed by atoms with Crippen molar-refractivity contribution in [2.45, 2.75) is 39.0 Å². The van der Waals surface area contributed by atoms with E-state index in [0.29, 0.717) is 17.5 Å². The second-order valence-electron chi connectivity index (χ2n) is 11.0. The lowest BCUT2D eigenvalue weighted by molar-refractivity contribution is -0.158. The van der Waals surface area contributed by atoms with Gasteiger partial charge in [-0.1, -0.05) is 38.1 Å². The maximum absolute atomic E-state index is 13.6. The lowest BCUT2D eigenvalue weighted by Gasteiger charge is -2.06. The van der Waals surface area contributed by atoms with Gasteiger partial charge in [-0.3, -0.25) is 9.59 Å². The van der Waals surface area contributed by atoms with Crippen LogP contribution in [0.25, 0.3) is 22.5 Å². The average Bonchev–Trinajstić information content (AvgIpc) is 3.83. The van der Waals surface area contributed by atoms with Crippen molar-refractivity contribution < 1.29 is 53.5 Å². The van der Waals surface area contributed by atoms with Crippen LogP contribution in [0.3, 0.4) is 0 Å². The Morgan fingerprint density at radius 2 is 1.12 bits per heavy atom. The molecule has 308 valence electrons. The van der Waals surface area contributed by atoms with Crippen LogP contribution in [0, 0.1) is 11.6 Å². The van der Waals surface area contributed by atoms with Gasteiger partial charge in [-0.15, -0.1) is 23.2 Å². The van der Waals surface area contributed by atoms with Gasteiger partial charge in [-0.25, -0.2) is 28.7 Å². The van der Waals surface area contributed by atoms with Gasteiger partial charge in [0.1, 0.15) is 46.2 Å². The fourth-order valence-corrected chi connectivity index (χ4v) is 4.63. The lowest BCUT2D eigenvalue weighted by atomic mass is 10.1. The van der Waals surface area contributed by atoms with Crippen molar-refractivity contribution in [2.24, 2.45) is 0 Å². The molecule has 6 rings (SSSR count). The second kappa shape index (κ2) is 21.2. The monoisotopic (exact) mass is 878 g/mol. The quantitative estimate of drug-likeness (QED) is 0.0907. The average molecular weight is 880 g/mol. The van der Waals surface area contributed by atoms with Gasteiger partial charge in [0.05, 0.1) is 16.5 Å². The molecule has 6 aromatic rings. The van der Waals surface area contributed by atoms with Crippen LogP contribution in [-0.4, -0.2) is 36.4 Å². The third-order valence-corrected chi connectivity index (χ3v) is 7.27. The van der Waals surface area contributed by atoms with Crippen LogP contribution in [0.4, 0.5) is 46.8 Å². The molecule has 2 aromatic carbocycles. The van der Waals surface area contributed by atoms with Crippen LogP contribution in [0.1, 0.15) is 57.9 Å². The lowest BCUT2D eigenvalue weighted by Crippen LogP contribution is -2.14. The number of amides is 1. The number of nitrogens with one attached hydrogen (secondary N) is 1. The Kier molecular flexibility index (Phi) is 17.1. The fraction of sp³-hybridized carbons (Fsp3) is 0.189. The largest absolute Gasteiger partial charge is 0.468 e. The fourth-order valence-electron chi connectivity index (χ4n) is 4.48. The SMILES string of the molecule is CCc1oc(C(F)(F)F)nc1-c1ccc(N)nc1.CCc1oc(C(F)(F)F)nc1-c1ccc(NC(=O)c2ccccc2F)nc1.ClCCl.O=C(Cl)c1ccccc1F. The Morgan fingerprint density at radius 3 is 1.47 bits per heavy atom. The van der Waals surface area contributed by atoms with Crippen molar-refractivity contribution in [1.82, 2.24) is 19.9 Å². The Labute approximate surface area is 339 Å². The summed E-state index contributed by atoms with van der Waals surface area (Å²) in [5.41, 5.74) is 6.11. The summed E-state index contributed by atoms with van der Waals surface area (Å²) in [5, 5.41) is 1.85. The molecule has 4 heterocycles. The summed E-state index contributed by atoms with van der Waals surface area (Å²) < 4.78 is 112. The van der Waals surface area contributed by atoms with E-state index in [1.54, 1.807) is 26.0 Å². The molecule has 58 heavy (non-hydrogen) atoms. The molecule has 3 N–H and O–H groups in total. The summed E-state index contributed by atoms with van der Waals surface area (Å²) in [7, 11) is 0. The van der Waals surface area contributed by atoms with E-state index in [4.69, 9.17) is 49.4 Å². The predicted molar refractivity (Wildman–Crippen MR) is 200 cm³/mol. The van der Waals surface area contributed by atoms with Crippen molar-refractivity contribution in [3.8, 4) is 22.5 Å². The number of aromatic nitrogens is 4. The molecule has 0 atom stereocenters. The molecular formula is C37H29Cl3F8N6O4. The maximum atomic E-state index is 13.6. The molecular weight excluding hydrogens is 851 g/mol. The van der Waals surface area contributed by atoms with E-state index in [1.165, 1.54) is 67.0 Å². The number of nitrogens with two attached hydrogens (primary N) is 1. The Bertz CT molecular complexity index is 2270. The number of pyridine rings is 2. The predicted octanol–water partition coefficient (Wildman–Crippen LogP) is 11.2. The number of oxazole rings is 2. The van der Waals surface area contributed by atoms with Crippen molar-refractivity contribution in [3.05, 3.63) is 131 Å². The van der Waals surface area contributed by atoms with Gasteiger partial charge in [0.15, 0.2) is 0 Å². The number of nitrogens with zero attached hydrogens (tertiary/aromatic N) is 4. The molecule has 0 bridgehead atoms. The molecule has 0 aliphatic carbocycles. The highest BCUT2D eigenvalue weighted by atomic mass is 35.5. The number of benzene rings is 2. The molecule has 0 spiro atoms. The van der Waals surface area contributed by atoms with E-state index < -0.39 is 46.9 Å². The molecule has 0 aliphatic rings. The van der Waals surface area contributed by atoms with Crippen molar-refractivity contribution in [3.63, 3.8) is 0 Å². The minimum Gasteiger partial charge on any atom is -0.437 e. The minimum atomic E-state index is -4.69. The standard InChI is InChI=1S/C18H13F4N3O2.C11H10F3N3O.C7H4ClFO.CH2Cl2/c1-2-13-15(25-17(27-13)18(20,21)22)10-7-8-14(23-9-10)24-16(26)11-5-3-4-6-12(11)19;1-2-7-9(6-3-4-8(15)16-5-6)17-10(18-7)11(12,13)14;8-7(10)5-3-1-2-4-6(5)9;2-1-3/h3-9H,2H2,1H3,(H,23,24,26);3-5H,2H2,1H3,(H2,15,16);1-4H;1H2. The van der Waals surface area contributed by atoms with E-state index in [9.17, 15) is 44.7 Å². The van der Waals surface area contributed by atoms with Crippen LogP contribution >= 0.6 is 34.8 Å². The van der Waals surface area contributed by atoms with E-state index in [1.807, 2.05) is 0 Å². The number of carbonyl (C=O) groups is 2. The summed E-state index contributed by atoms with van der Waals surface area (Å²) in [6.45, 7) is 3.33. The number of alkyl halides is 8. The van der Waals surface area contributed by atoms with Gasteiger partial charge in [-0.2, -0.15) is 26.3 Å². The van der Waals surface area contributed by atoms with Crippen LogP contribution in [0.2, 0.25) is 0 Å². The molecule has 0 unspecified atom stereocenters. The maximum Gasteiger partial charge on any atom is 0.468 e. The summed E-state index contributed by atoms with van der Waals surface area (Å²) in [5.74, 6) is -3.87. The number of anilines is 2. The molecule has 0 aliphatic heterocycles. The number of halogens is 11. The van der Waals surface area contributed by atoms with Crippen LogP contribution in [-0.2, 0) is 25.2 Å². The number of hydrogen-bond donors (Lipinski definition) is 2. The highest BCUT2D eigenvalue weighted by molar-refractivity contribution is 6.67. The third kappa shape index (κ3) is 13.2. The van der Waals surface area contributed by atoms with E-state index >= 15 is 0 Å². The number of rotatable bonds is 7. The van der Waals surface area contributed by atoms with Crippen molar-refractivity contribution in [1.29, 1.82) is 0 Å². The molecule has 0 fully saturated rings. The first-order valence-corrected chi connectivity index (χ1v) is 17.7. The van der Waals surface area contributed by atoms with Gasteiger partial charge in [0, 0.05) is 36.4 Å². The first-order valence-electron chi connectivity index (χ1n) is 16.3. The Balaban J connectivity index is 0.000000248. The molecule has 0 saturated heterocycles. The zero-order valence-corrected chi connectivity index (χ0v) is 32.1. The van der Waals surface area contributed by atoms with Crippen LogP contribution < -0.4 is 11.1 Å². The molecule has 21 heteroatoms. The van der Waals surface area contributed by atoms with E-state index in [2.05, 4.69) is 25.3 Å². The smallest absolute Gasteiger partial charge is 0.437 e. The van der Waals surface area contributed by atoms with Gasteiger partial charge < -0.3 is 19.9 Å². The molecule has 4 aromatic heterocycles. The topological polar surface area (TPSA) is 150 Å². The van der Waals surface area contributed by atoms with Crippen LogP contribution in [0.5, 0.6) is 0 Å². The van der Waals surface area contributed by atoms with Gasteiger partial charge in [0.25, 0.3) is 11.1 Å². The molecule has 1 amide bonds. The normalized spacial score (nSPS) is 10.9. The van der Waals surface area contributed by atoms with Crippen LogP contribution in [0.15, 0.2) is 94.0 Å². The third-order valence-electron chi connectivity index (χ3n) is 7.06. The molecule has 10 nitrogen and oxygen atoms in total. The Morgan fingerprint density at radius 1 is 0.690 bits per heavy atom. The van der Waals surface area contributed by atoms with Gasteiger partial charge in [-0.05, 0) is 60.1 Å². The molecule has 0 saturated carbocycles. The van der Waals surface area contributed by atoms with Crippen molar-refractivity contribution in [2.75, 3.05) is 16.4 Å². The summed E-state index contributed by atoms with van der Waals surface area (Å²) in [4.78, 5) is 37.2.